The van der Waals surface area contributed by atoms with Crippen LogP contribution < -0.4 is 4.90 Å². The maximum absolute atomic E-state index is 2.53. The first-order valence-corrected chi connectivity index (χ1v) is 19.3. The van der Waals surface area contributed by atoms with E-state index in [4.69, 9.17) is 0 Å². The minimum Gasteiger partial charge on any atom is -0.310 e. The van der Waals surface area contributed by atoms with Crippen molar-refractivity contribution in [3.8, 4) is 27.9 Å². The second-order valence-electron chi connectivity index (χ2n) is 15.0. The highest BCUT2D eigenvalue weighted by atomic mass is 15.2. The van der Waals surface area contributed by atoms with E-state index < -0.39 is 0 Å². The van der Waals surface area contributed by atoms with Crippen LogP contribution in [0, 0.1) is 5.92 Å². The molecule has 0 aliphatic heterocycles. The average Bonchev–Trinajstić information content (AvgIpc) is 3.91. The lowest BCUT2D eigenvalue weighted by molar-refractivity contribution is 0.808. The van der Waals surface area contributed by atoms with Gasteiger partial charge in [-0.25, -0.2) is 0 Å². The summed E-state index contributed by atoms with van der Waals surface area (Å²) in [5.41, 5.74) is 13.5. The van der Waals surface area contributed by atoms with Crippen molar-refractivity contribution in [2.45, 2.75) is 11.8 Å². The van der Waals surface area contributed by atoms with Gasteiger partial charge >= 0.3 is 0 Å². The third-order valence-electron chi connectivity index (χ3n) is 11.9. The van der Waals surface area contributed by atoms with Crippen molar-refractivity contribution < 1.29 is 0 Å². The number of rotatable bonds is 7. The minimum absolute atomic E-state index is 0.0161. The van der Waals surface area contributed by atoms with E-state index >= 15 is 0 Å². The molecule has 0 N–H and O–H groups in total. The van der Waals surface area contributed by atoms with E-state index in [1.807, 2.05) is 0 Å². The van der Waals surface area contributed by atoms with Gasteiger partial charge < -0.3 is 9.47 Å². The quantitative estimate of drug-likeness (QED) is 0.160. The van der Waals surface area contributed by atoms with Crippen molar-refractivity contribution in [3.05, 3.63) is 224 Å². The van der Waals surface area contributed by atoms with Gasteiger partial charge in [-0.3, -0.25) is 0 Å². The molecule has 2 aliphatic carbocycles. The molecule has 2 heteroatoms. The number of hydrogen-bond donors (Lipinski definition) is 0. The summed E-state index contributed by atoms with van der Waals surface area (Å²) in [4.78, 5) is 2.47. The summed E-state index contributed by atoms with van der Waals surface area (Å²) in [6.07, 6.45) is 8.49. The van der Waals surface area contributed by atoms with Crippen LogP contribution in [0.2, 0.25) is 0 Å². The summed E-state index contributed by atoms with van der Waals surface area (Å²) >= 11 is 0. The molecule has 8 aromatic carbocycles. The normalized spacial score (nSPS) is 17.3. The van der Waals surface area contributed by atoms with Crippen LogP contribution in [0.25, 0.3) is 60.5 Å². The Labute approximate surface area is 321 Å². The molecule has 0 amide bonds. The number of benzene rings is 8. The second-order valence-corrected chi connectivity index (χ2v) is 15.0. The summed E-state index contributed by atoms with van der Waals surface area (Å²) in [6.45, 7) is 0. The summed E-state index contributed by atoms with van der Waals surface area (Å²) in [6, 6.07) is 70.7. The lowest BCUT2D eigenvalue weighted by Crippen LogP contribution is -2.20. The Bertz CT molecular complexity index is 2950. The van der Waals surface area contributed by atoms with Crippen LogP contribution in [0.3, 0.4) is 0 Å². The smallest absolute Gasteiger partial charge is 0.0544 e. The molecule has 0 bridgehead atoms. The van der Waals surface area contributed by atoms with Crippen molar-refractivity contribution in [2.75, 3.05) is 4.90 Å². The molecule has 0 radical (unpaired) electrons. The number of nitrogens with zero attached hydrogens (tertiary/aromatic N) is 2. The van der Waals surface area contributed by atoms with Crippen molar-refractivity contribution >= 4 is 44.0 Å². The first-order chi connectivity index (χ1) is 27.3. The van der Waals surface area contributed by atoms with Crippen LogP contribution in [0.15, 0.2) is 218 Å². The lowest BCUT2D eigenvalue weighted by Gasteiger charge is -2.31. The first kappa shape index (κ1) is 31.6. The maximum Gasteiger partial charge on any atom is 0.0544 e. The molecule has 9 aromatic rings. The zero-order chi connectivity index (χ0) is 36.3. The Balaban J connectivity index is 1.03. The molecule has 2 atom stereocenters. The van der Waals surface area contributed by atoms with E-state index in [1.54, 1.807) is 0 Å². The molecule has 2 nitrogen and oxygen atoms in total. The van der Waals surface area contributed by atoms with Gasteiger partial charge in [0.2, 0.25) is 0 Å². The zero-order valence-electron chi connectivity index (χ0n) is 30.4. The van der Waals surface area contributed by atoms with Crippen molar-refractivity contribution in [3.63, 3.8) is 0 Å². The fourth-order valence-corrected chi connectivity index (χ4v) is 9.22. The highest BCUT2D eigenvalue weighted by Crippen LogP contribution is 2.60. The van der Waals surface area contributed by atoms with Crippen LogP contribution >= 0.6 is 0 Å². The molecule has 2 aliphatic rings. The van der Waals surface area contributed by atoms with Gasteiger partial charge in [0.05, 0.1) is 16.7 Å². The number of fused-ring (bicyclic) bond motifs is 5. The fourth-order valence-electron chi connectivity index (χ4n) is 9.22. The standard InChI is InChI=1S/C53H38N2/c1-4-16-37(17-5-1)44-26-14-18-38-19-15-27-48(52(38)44)46-25-11-12-28-49(46)54(41-20-6-2-7-21-41)43-32-33-53(36-40(53)34-43)39-30-31-47-45-24-10-13-29-50(45)55(51(47)35-39)42-22-8-3-9-23-42/h1-35,40H,36H2. The third-order valence-corrected chi connectivity index (χ3v) is 11.9. The topological polar surface area (TPSA) is 8.17 Å². The molecule has 55 heavy (non-hydrogen) atoms. The van der Waals surface area contributed by atoms with Gasteiger partial charge in [-0.2, -0.15) is 0 Å². The van der Waals surface area contributed by atoms with E-state index in [1.165, 1.54) is 77.5 Å². The molecule has 1 saturated carbocycles. The number of para-hydroxylation sites is 4. The molecule has 1 heterocycles. The Morgan fingerprint density at radius 3 is 1.98 bits per heavy atom. The minimum atomic E-state index is -0.0161. The molecular weight excluding hydrogens is 665 g/mol. The zero-order valence-corrected chi connectivity index (χ0v) is 30.4. The van der Waals surface area contributed by atoms with Crippen molar-refractivity contribution in [1.82, 2.24) is 4.57 Å². The number of allylic oxidation sites excluding steroid dienone is 3. The summed E-state index contributed by atoms with van der Waals surface area (Å²) in [5, 5.41) is 5.10. The molecule has 0 saturated heterocycles. The van der Waals surface area contributed by atoms with Crippen LogP contribution in [-0.2, 0) is 5.41 Å². The van der Waals surface area contributed by atoms with E-state index in [0.29, 0.717) is 5.92 Å². The van der Waals surface area contributed by atoms with Gasteiger partial charge in [0.25, 0.3) is 0 Å². The Kier molecular flexibility index (Phi) is 7.25. The monoisotopic (exact) mass is 702 g/mol. The van der Waals surface area contributed by atoms with Crippen LogP contribution in [0.4, 0.5) is 11.4 Å². The predicted octanol–water partition coefficient (Wildman–Crippen LogP) is 13.8. The second kappa shape index (κ2) is 12.6. The Morgan fingerprint density at radius 2 is 1.18 bits per heavy atom. The number of aromatic nitrogens is 1. The Morgan fingerprint density at radius 1 is 0.527 bits per heavy atom. The van der Waals surface area contributed by atoms with Gasteiger partial charge in [-0.1, -0.05) is 164 Å². The van der Waals surface area contributed by atoms with Gasteiger partial charge in [0, 0.05) is 38.8 Å². The molecular formula is C53H38N2. The number of anilines is 2. The average molecular weight is 703 g/mol. The van der Waals surface area contributed by atoms with E-state index in [0.717, 1.165) is 12.1 Å². The van der Waals surface area contributed by atoms with Crippen molar-refractivity contribution in [1.29, 1.82) is 0 Å². The SMILES string of the molecule is C1=CC2(c3ccc4c5ccccc5n(-c5ccccc5)c4c3)CC2C=C1N(c1ccccc1)c1ccccc1-c1cccc2cccc(-c3ccccc3)c12. The fraction of sp³-hybridized carbons (Fsp3) is 0.0566. The third kappa shape index (κ3) is 5.10. The molecule has 11 rings (SSSR count). The lowest BCUT2D eigenvalue weighted by atomic mass is 9.88. The van der Waals surface area contributed by atoms with Crippen LogP contribution in [0.1, 0.15) is 12.0 Å². The first-order valence-electron chi connectivity index (χ1n) is 19.3. The molecule has 0 spiro atoms. The maximum atomic E-state index is 2.53. The van der Waals surface area contributed by atoms with Crippen LogP contribution in [0.5, 0.6) is 0 Å². The highest BCUT2D eigenvalue weighted by Gasteiger charge is 2.54. The summed E-state index contributed by atoms with van der Waals surface area (Å²) in [5.74, 6) is 0.403. The largest absolute Gasteiger partial charge is 0.310 e. The van der Waals surface area contributed by atoms with Gasteiger partial charge in [0.15, 0.2) is 0 Å². The molecule has 1 fully saturated rings. The van der Waals surface area contributed by atoms with Crippen molar-refractivity contribution in [2.24, 2.45) is 5.92 Å². The van der Waals surface area contributed by atoms with E-state index in [9.17, 15) is 0 Å². The molecule has 2 unspecified atom stereocenters. The van der Waals surface area contributed by atoms with Gasteiger partial charge in [-0.05, 0) is 93.9 Å². The summed E-state index contributed by atoms with van der Waals surface area (Å²) < 4.78 is 2.43. The van der Waals surface area contributed by atoms with E-state index in [-0.39, 0.29) is 5.41 Å². The number of hydrogen-bond acceptors (Lipinski definition) is 1. The highest BCUT2D eigenvalue weighted by molar-refractivity contribution is 6.10. The molecule has 260 valence electrons. The summed E-state index contributed by atoms with van der Waals surface area (Å²) in [7, 11) is 0. The van der Waals surface area contributed by atoms with Gasteiger partial charge in [0.1, 0.15) is 0 Å². The molecule has 1 aromatic heterocycles. The Hall–Kier alpha value is -6.90. The predicted molar refractivity (Wildman–Crippen MR) is 231 cm³/mol. The van der Waals surface area contributed by atoms with Crippen LogP contribution in [-0.4, -0.2) is 4.57 Å². The van der Waals surface area contributed by atoms with E-state index in [2.05, 4.69) is 222 Å². The van der Waals surface area contributed by atoms with Gasteiger partial charge in [-0.15, -0.1) is 0 Å².